The lowest BCUT2D eigenvalue weighted by atomic mass is 10.0. The lowest BCUT2D eigenvalue weighted by Crippen LogP contribution is -2.15. The number of methoxy groups -OCH3 is 1. The van der Waals surface area contributed by atoms with Crippen LogP contribution in [0.25, 0.3) is 0 Å². The number of rotatable bonds is 6. The number of pyridine rings is 1. The van der Waals surface area contributed by atoms with Gasteiger partial charge in [-0.15, -0.1) is 0 Å². The lowest BCUT2D eigenvalue weighted by molar-refractivity contribution is 0.0526. The molecule has 0 spiro atoms. The minimum atomic E-state index is -0.385. The van der Waals surface area contributed by atoms with E-state index in [2.05, 4.69) is 15.3 Å². The normalized spacial score (nSPS) is 11.2. The van der Waals surface area contributed by atoms with Crippen LogP contribution < -0.4 is 10.1 Å². The quantitative estimate of drug-likeness (QED) is 0.640. The molecule has 0 aliphatic heterocycles. The van der Waals surface area contributed by atoms with Crippen LogP contribution in [0.2, 0.25) is 0 Å². The number of aromatic nitrogens is 1. The molecule has 6 nitrogen and oxygen atoms in total. The molecule has 25 heavy (non-hydrogen) atoms. The highest BCUT2D eigenvalue weighted by Crippen LogP contribution is 2.26. The fourth-order valence-electron chi connectivity index (χ4n) is 2.42. The maximum absolute atomic E-state index is 12.4. The van der Waals surface area contributed by atoms with Crippen LogP contribution in [0.15, 0.2) is 35.3 Å². The predicted molar refractivity (Wildman–Crippen MR) is 99.3 cm³/mol. The fourth-order valence-corrected chi connectivity index (χ4v) is 2.42. The predicted octanol–water partition coefficient (Wildman–Crippen LogP) is 3.76. The molecule has 1 aromatic heterocycles. The number of esters is 1. The van der Waals surface area contributed by atoms with Crippen LogP contribution >= 0.6 is 0 Å². The summed E-state index contributed by atoms with van der Waals surface area (Å²) >= 11 is 0. The summed E-state index contributed by atoms with van der Waals surface area (Å²) in [6, 6.07) is 9.20. The molecule has 6 heteroatoms. The van der Waals surface area contributed by atoms with Crippen LogP contribution in [-0.4, -0.2) is 37.4 Å². The monoisotopic (exact) mass is 341 g/mol. The number of ether oxygens (including phenoxy) is 2. The van der Waals surface area contributed by atoms with Gasteiger partial charge in [0.05, 0.1) is 24.8 Å². The number of hydrogen-bond acceptors (Lipinski definition) is 6. The standard InChI is InChI=1S/C19H23N3O3/c1-6-25-19(23)16-11-12(2)21-18(17(16)13(3)20-4)22-14-7-9-15(24-5)10-8-14/h7-11H,6H2,1-5H3,(H,21,22)/b20-13-. The zero-order valence-corrected chi connectivity index (χ0v) is 15.2. The molecule has 0 atom stereocenters. The third kappa shape index (κ3) is 4.35. The minimum absolute atomic E-state index is 0.309. The van der Waals surface area contributed by atoms with Crippen molar-refractivity contribution in [3.8, 4) is 5.75 Å². The van der Waals surface area contributed by atoms with Crippen molar-refractivity contribution < 1.29 is 14.3 Å². The summed E-state index contributed by atoms with van der Waals surface area (Å²) in [5.41, 5.74) is 3.34. The van der Waals surface area contributed by atoms with Gasteiger partial charge in [0.15, 0.2) is 0 Å². The third-order valence-corrected chi connectivity index (χ3v) is 3.69. The summed E-state index contributed by atoms with van der Waals surface area (Å²) in [5, 5.41) is 3.26. The number of nitrogens with one attached hydrogen (secondary N) is 1. The van der Waals surface area contributed by atoms with E-state index < -0.39 is 0 Å². The number of aliphatic imine (C=N–C) groups is 1. The molecule has 1 aromatic carbocycles. The summed E-state index contributed by atoms with van der Waals surface area (Å²) in [7, 11) is 3.30. The molecule has 0 saturated heterocycles. The highest BCUT2D eigenvalue weighted by Gasteiger charge is 2.20. The third-order valence-electron chi connectivity index (χ3n) is 3.69. The molecule has 132 valence electrons. The number of anilines is 2. The molecule has 0 aliphatic rings. The first-order valence-corrected chi connectivity index (χ1v) is 8.03. The van der Waals surface area contributed by atoms with Gasteiger partial charge in [0, 0.05) is 24.1 Å². The smallest absolute Gasteiger partial charge is 0.338 e. The van der Waals surface area contributed by atoms with Gasteiger partial charge in [-0.25, -0.2) is 9.78 Å². The first-order valence-electron chi connectivity index (χ1n) is 8.03. The molecule has 0 aliphatic carbocycles. The van der Waals surface area contributed by atoms with Crippen molar-refractivity contribution in [3.05, 3.63) is 47.2 Å². The number of benzene rings is 1. The van der Waals surface area contributed by atoms with Crippen LogP contribution in [0, 0.1) is 6.92 Å². The largest absolute Gasteiger partial charge is 0.497 e. The van der Waals surface area contributed by atoms with E-state index in [0.29, 0.717) is 35.0 Å². The average Bonchev–Trinajstić information content (AvgIpc) is 2.61. The molecule has 0 unspecified atom stereocenters. The molecule has 1 N–H and O–H groups in total. The second kappa shape index (κ2) is 8.28. The van der Waals surface area contributed by atoms with E-state index >= 15 is 0 Å². The molecular weight excluding hydrogens is 318 g/mol. The Balaban J connectivity index is 2.52. The van der Waals surface area contributed by atoms with Crippen LogP contribution in [-0.2, 0) is 4.74 Å². The van der Waals surface area contributed by atoms with Gasteiger partial charge in [0.2, 0.25) is 0 Å². The maximum Gasteiger partial charge on any atom is 0.338 e. The highest BCUT2D eigenvalue weighted by molar-refractivity contribution is 6.11. The van der Waals surface area contributed by atoms with Gasteiger partial charge in [-0.2, -0.15) is 0 Å². The molecule has 2 rings (SSSR count). The zero-order valence-electron chi connectivity index (χ0n) is 15.2. The Hall–Kier alpha value is -2.89. The van der Waals surface area contributed by atoms with Crippen molar-refractivity contribution >= 4 is 23.2 Å². The summed E-state index contributed by atoms with van der Waals surface area (Å²) in [5.74, 6) is 0.946. The second-order valence-electron chi connectivity index (χ2n) is 5.42. The Kier molecular flexibility index (Phi) is 6.11. The van der Waals surface area contributed by atoms with Gasteiger partial charge < -0.3 is 14.8 Å². The van der Waals surface area contributed by atoms with Crippen LogP contribution in [0.1, 0.15) is 35.5 Å². The average molecular weight is 341 g/mol. The van der Waals surface area contributed by atoms with E-state index in [-0.39, 0.29) is 5.97 Å². The minimum Gasteiger partial charge on any atom is -0.497 e. The number of carbonyl (C=O) groups is 1. The van der Waals surface area contributed by atoms with E-state index in [1.165, 1.54) is 0 Å². The van der Waals surface area contributed by atoms with Gasteiger partial charge in [-0.05, 0) is 51.1 Å². The summed E-state index contributed by atoms with van der Waals surface area (Å²) in [6.45, 7) is 5.77. The first-order chi connectivity index (χ1) is 12.0. The molecule has 0 radical (unpaired) electrons. The van der Waals surface area contributed by atoms with Crippen LogP contribution in [0.5, 0.6) is 5.75 Å². The van der Waals surface area contributed by atoms with E-state index in [9.17, 15) is 4.79 Å². The zero-order chi connectivity index (χ0) is 18.4. The summed E-state index contributed by atoms with van der Waals surface area (Å²) in [6.07, 6.45) is 0. The van der Waals surface area contributed by atoms with Gasteiger partial charge in [-0.1, -0.05) is 0 Å². The van der Waals surface area contributed by atoms with Gasteiger partial charge >= 0.3 is 5.97 Å². The Morgan fingerprint density at radius 2 is 1.96 bits per heavy atom. The van der Waals surface area contributed by atoms with Gasteiger partial charge in [0.25, 0.3) is 0 Å². The molecule has 1 heterocycles. The molecule has 0 saturated carbocycles. The SMILES string of the molecule is CCOC(=O)c1cc(C)nc(Nc2ccc(OC)cc2)c1/C(C)=N\C. The summed E-state index contributed by atoms with van der Waals surface area (Å²) < 4.78 is 10.4. The van der Waals surface area contributed by atoms with Crippen LogP contribution in [0.3, 0.4) is 0 Å². The van der Waals surface area contributed by atoms with Crippen molar-refractivity contribution in [2.24, 2.45) is 4.99 Å². The number of carbonyl (C=O) groups excluding carboxylic acids is 1. The van der Waals surface area contributed by atoms with Crippen LogP contribution in [0.4, 0.5) is 11.5 Å². The Morgan fingerprint density at radius 1 is 1.28 bits per heavy atom. The first kappa shape index (κ1) is 18.4. The van der Waals surface area contributed by atoms with Gasteiger partial charge in [-0.3, -0.25) is 4.99 Å². The molecule has 0 amide bonds. The van der Waals surface area contributed by atoms with Crippen molar-refractivity contribution in [2.45, 2.75) is 20.8 Å². The van der Waals surface area contributed by atoms with E-state index in [4.69, 9.17) is 9.47 Å². The molecule has 2 aromatic rings. The molecule has 0 fully saturated rings. The van der Waals surface area contributed by atoms with Crippen molar-refractivity contribution in [3.63, 3.8) is 0 Å². The Morgan fingerprint density at radius 3 is 2.52 bits per heavy atom. The molecular formula is C19H23N3O3. The van der Waals surface area contributed by atoms with Crippen molar-refractivity contribution in [1.82, 2.24) is 4.98 Å². The lowest BCUT2D eigenvalue weighted by Gasteiger charge is -2.16. The Bertz CT molecular complexity index is 783. The number of aryl methyl sites for hydroxylation is 1. The maximum atomic E-state index is 12.4. The number of hydrogen-bond donors (Lipinski definition) is 1. The van der Waals surface area contributed by atoms with E-state index in [1.54, 1.807) is 27.1 Å². The van der Waals surface area contributed by atoms with Gasteiger partial charge in [0.1, 0.15) is 11.6 Å². The fraction of sp³-hybridized carbons (Fsp3) is 0.316. The Labute approximate surface area is 147 Å². The summed E-state index contributed by atoms with van der Waals surface area (Å²) in [4.78, 5) is 21.2. The highest BCUT2D eigenvalue weighted by atomic mass is 16.5. The van der Waals surface area contributed by atoms with Crippen molar-refractivity contribution in [1.29, 1.82) is 0 Å². The van der Waals surface area contributed by atoms with E-state index in [1.807, 2.05) is 38.1 Å². The van der Waals surface area contributed by atoms with Crippen molar-refractivity contribution in [2.75, 3.05) is 26.1 Å². The topological polar surface area (TPSA) is 72.8 Å². The van der Waals surface area contributed by atoms with E-state index in [0.717, 1.165) is 11.4 Å². The second-order valence-corrected chi connectivity index (χ2v) is 5.42. The number of nitrogens with zero attached hydrogens (tertiary/aromatic N) is 2. The molecule has 0 bridgehead atoms.